The summed E-state index contributed by atoms with van der Waals surface area (Å²) in [6.45, 7) is 0. The number of benzene rings is 2. The van der Waals surface area contributed by atoms with Crippen molar-refractivity contribution < 1.29 is 27.8 Å². The Kier molecular flexibility index (Phi) is 4.50. The molecule has 2 aromatic carbocycles. The highest BCUT2D eigenvalue weighted by atomic mass is 19.1. The van der Waals surface area contributed by atoms with Gasteiger partial charge in [-0.2, -0.15) is 0 Å². The topological polar surface area (TPSA) is 52.6 Å². The van der Waals surface area contributed by atoms with Crippen LogP contribution < -0.4 is 0 Å². The van der Waals surface area contributed by atoms with Crippen LogP contribution in [0.15, 0.2) is 36.4 Å². The molecule has 2 rings (SSSR count). The summed E-state index contributed by atoms with van der Waals surface area (Å²) in [5.74, 6) is -2.78. The monoisotopic (exact) mass is 306 g/mol. The lowest BCUT2D eigenvalue weighted by Crippen LogP contribution is -2.08. The second-order valence-corrected chi connectivity index (χ2v) is 4.37. The minimum Gasteiger partial charge on any atom is -0.465 e. The van der Waals surface area contributed by atoms with Crippen LogP contribution in [0.3, 0.4) is 0 Å². The van der Waals surface area contributed by atoms with Gasteiger partial charge in [-0.3, -0.25) is 0 Å². The number of carbonyl (C=O) groups excluding carboxylic acids is 2. The summed E-state index contributed by atoms with van der Waals surface area (Å²) in [5.41, 5.74) is 0.0617. The molecule has 0 fully saturated rings. The maximum absolute atomic E-state index is 13.9. The zero-order valence-electron chi connectivity index (χ0n) is 11.9. The molecule has 0 heterocycles. The predicted molar refractivity (Wildman–Crippen MR) is 74.5 cm³/mol. The van der Waals surface area contributed by atoms with Gasteiger partial charge in [0, 0.05) is 5.56 Å². The summed E-state index contributed by atoms with van der Waals surface area (Å²) in [6, 6.07) is 6.82. The van der Waals surface area contributed by atoms with E-state index in [1.54, 1.807) is 0 Å². The van der Waals surface area contributed by atoms with Crippen molar-refractivity contribution in [2.45, 2.75) is 0 Å². The minimum absolute atomic E-state index is 0.0603. The van der Waals surface area contributed by atoms with E-state index in [0.29, 0.717) is 0 Å². The van der Waals surface area contributed by atoms with Gasteiger partial charge in [-0.25, -0.2) is 18.4 Å². The van der Waals surface area contributed by atoms with E-state index < -0.39 is 23.6 Å². The first-order valence-electron chi connectivity index (χ1n) is 6.24. The molecular weight excluding hydrogens is 294 g/mol. The van der Waals surface area contributed by atoms with Gasteiger partial charge in [-0.05, 0) is 35.9 Å². The molecule has 0 unspecified atom stereocenters. The minimum atomic E-state index is -0.774. The van der Waals surface area contributed by atoms with E-state index in [1.807, 2.05) is 0 Å². The third-order valence-corrected chi connectivity index (χ3v) is 3.06. The van der Waals surface area contributed by atoms with Crippen LogP contribution in [-0.4, -0.2) is 26.2 Å². The largest absolute Gasteiger partial charge is 0.465 e. The highest BCUT2D eigenvalue weighted by Gasteiger charge is 2.19. The Hall–Kier alpha value is -2.76. The fourth-order valence-electron chi connectivity index (χ4n) is 2.01. The maximum atomic E-state index is 13.9. The summed E-state index contributed by atoms with van der Waals surface area (Å²) < 4.78 is 36.5. The molecule has 0 aromatic heterocycles. The van der Waals surface area contributed by atoms with Gasteiger partial charge in [0.05, 0.1) is 25.3 Å². The van der Waals surface area contributed by atoms with Crippen LogP contribution in [-0.2, 0) is 9.47 Å². The molecule has 0 atom stereocenters. The summed E-state index contributed by atoms with van der Waals surface area (Å²) in [7, 11) is 2.35. The number of hydrogen-bond donors (Lipinski definition) is 0. The molecule has 114 valence electrons. The molecule has 0 saturated heterocycles. The van der Waals surface area contributed by atoms with E-state index in [0.717, 1.165) is 25.3 Å². The summed E-state index contributed by atoms with van der Waals surface area (Å²) >= 11 is 0. The van der Waals surface area contributed by atoms with Crippen LogP contribution in [0.2, 0.25) is 0 Å². The highest BCUT2D eigenvalue weighted by Crippen LogP contribution is 2.29. The van der Waals surface area contributed by atoms with Gasteiger partial charge >= 0.3 is 11.9 Å². The zero-order chi connectivity index (χ0) is 16.3. The van der Waals surface area contributed by atoms with E-state index in [4.69, 9.17) is 0 Å². The van der Waals surface area contributed by atoms with Crippen molar-refractivity contribution in [3.63, 3.8) is 0 Å². The third kappa shape index (κ3) is 2.95. The van der Waals surface area contributed by atoms with Crippen LogP contribution in [0, 0.1) is 11.6 Å². The van der Waals surface area contributed by atoms with Crippen molar-refractivity contribution in [1.29, 1.82) is 0 Å². The fraction of sp³-hybridized carbons (Fsp3) is 0.125. The number of halogens is 2. The molecule has 0 bridgehead atoms. The molecule has 0 radical (unpaired) electrons. The fourth-order valence-corrected chi connectivity index (χ4v) is 2.01. The summed E-state index contributed by atoms with van der Waals surface area (Å²) in [5, 5.41) is 0. The normalized spacial score (nSPS) is 10.2. The van der Waals surface area contributed by atoms with Crippen molar-refractivity contribution in [2.75, 3.05) is 14.2 Å². The van der Waals surface area contributed by atoms with E-state index in [-0.39, 0.29) is 22.3 Å². The van der Waals surface area contributed by atoms with E-state index in [1.165, 1.54) is 25.3 Å². The summed E-state index contributed by atoms with van der Waals surface area (Å²) in [6.07, 6.45) is 0. The Labute approximate surface area is 125 Å². The Balaban J connectivity index is 2.67. The first kappa shape index (κ1) is 15.6. The van der Waals surface area contributed by atoms with Gasteiger partial charge < -0.3 is 9.47 Å². The smallest absolute Gasteiger partial charge is 0.338 e. The molecule has 0 saturated carbocycles. The van der Waals surface area contributed by atoms with Gasteiger partial charge in [-0.1, -0.05) is 6.07 Å². The number of esters is 2. The molecular formula is C16H12F2O4. The first-order valence-corrected chi connectivity index (χ1v) is 6.24. The Morgan fingerprint density at radius 1 is 0.864 bits per heavy atom. The van der Waals surface area contributed by atoms with Crippen molar-refractivity contribution >= 4 is 11.9 Å². The first-order chi connectivity index (χ1) is 10.5. The average molecular weight is 306 g/mol. The van der Waals surface area contributed by atoms with Crippen LogP contribution >= 0.6 is 0 Å². The average Bonchev–Trinajstić information content (AvgIpc) is 2.55. The molecule has 6 heteroatoms. The number of hydrogen-bond acceptors (Lipinski definition) is 4. The molecule has 2 aromatic rings. The van der Waals surface area contributed by atoms with E-state index in [2.05, 4.69) is 9.47 Å². The van der Waals surface area contributed by atoms with Gasteiger partial charge in [-0.15, -0.1) is 0 Å². The lowest BCUT2D eigenvalue weighted by atomic mass is 9.97. The summed E-state index contributed by atoms with van der Waals surface area (Å²) in [4.78, 5) is 23.4. The second-order valence-electron chi connectivity index (χ2n) is 4.37. The maximum Gasteiger partial charge on any atom is 0.338 e. The highest BCUT2D eigenvalue weighted by molar-refractivity contribution is 6.00. The lowest BCUT2D eigenvalue weighted by molar-refractivity contribution is 0.0600. The zero-order valence-corrected chi connectivity index (χ0v) is 11.9. The van der Waals surface area contributed by atoms with Crippen molar-refractivity contribution in [2.24, 2.45) is 0 Å². The number of rotatable bonds is 3. The third-order valence-electron chi connectivity index (χ3n) is 3.06. The predicted octanol–water partition coefficient (Wildman–Crippen LogP) is 3.21. The van der Waals surface area contributed by atoms with Crippen LogP contribution in [0.1, 0.15) is 20.7 Å². The quantitative estimate of drug-likeness (QED) is 0.817. The number of carbonyl (C=O) groups is 2. The molecule has 0 aliphatic rings. The SMILES string of the molecule is COC(=O)c1ccc(-c2cc(F)ccc2F)c(C(=O)OC)c1. The van der Waals surface area contributed by atoms with Crippen molar-refractivity contribution in [1.82, 2.24) is 0 Å². The van der Waals surface area contributed by atoms with Crippen LogP contribution in [0.4, 0.5) is 8.78 Å². The van der Waals surface area contributed by atoms with E-state index >= 15 is 0 Å². The Morgan fingerprint density at radius 3 is 2.18 bits per heavy atom. The van der Waals surface area contributed by atoms with Gasteiger partial charge in [0.1, 0.15) is 11.6 Å². The molecule has 0 aliphatic carbocycles. The Morgan fingerprint density at radius 2 is 1.55 bits per heavy atom. The molecule has 0 aliphatic heterocycles. The van der Waals surface area contributed by atoms with Crippen molar-refractivity contribution in [3.05, 3.63) is 59.2 Å². The van der Waals surface area contributed by atoms with Crippen LogP contribution in [0.5, 0.6) is 0 Å². The lowest BCUT2D eigenvalue weighted by Gasteiger charge is -2.11. The molecule has 0 spiro atoms. The van der Waals surface area contributed by atoms with Gasteiger partial charge in [0.2, 0.25) is 0 Å². The van der Waals surface area contributed by atoms with Gasteiger partial charge in [0.15, 0.2) is 0 Å². The molecule has 0 amide bonds. The van der Waals surface area contributed by atoms with Gasteiger partial charge in [0.25, 0.3) is 0 Å². The second kappa shape index (κ2) is 6.34. The standard InChI is InChI=1S/C16H12F2O4/c1-21-15(19)9-3-5-11(13(7-9)16(20)22-2)12-8-10(17)4-6-14(12)18/h3-8H,1-2H3. The number of methoxy groups -OCH3 is 2. The van der Waals surface area contributed by atoms with E-state index in [9.17, 15) is 18.4 Å². The molecule has 0 N–H and O–H groups in total. The van der Waals surface area contributed by atoms with Crippen LogP contribution in [0.25, 0.3) is 11.1 Å². The molecule has 4 nitrogen and oxygen atoms in total. The molecule has 22 heavy (non-hydrogen) atoms. The number of ether oxygens (including phenoxy) is 2. The Bertz CT molecular complexity index is 741. The van der Waals surface area contributed by atoms with Crippen molar-refractivity contribution in [3.8, 4) is 11.1 Å².